The zero-order valence-corrected chi connectivity index (χ0v) is 13.2. The summed E-state index contributed by atoms with van der Waals surface area (Å²) in [5.74, 6) is -0.355. The Morgan fingerprint density at radius 1 is 1.20 bits per heavy atom. The van der Waals surface area contributed by atoms with E-state index in [0.29, 0.717) is 10.8 Å². The fourth-order valence-corrected chi connectivity index (χ4v) is 1.97. The van der Waals surface area contributed by atoms with Crippen molar-refractivity contribution in [2.75, 3.05) is 0 Å². The quantitative estimate of drug-likeness (QED) is 0.686. The first kappa shape index (κ1) is 16.5. The molecule has 0 aliphatic carbocycles. The Kier molecular flexibility index (Phi) is 5.57. The summed E-state index contributed by atoms with van der Waals surface area (Å²) in [6.45, 7) is 8.76. The van der Waals surface area contributed by atoms with Crippen molar-refractivity contribution < 1.29 is 14.3 Å². The zero-order valence-electron chi connectivity index (χ0n) is 12.4. The molecule has 0 saturated heterocycles. The second-order valence-corrected chi connectivity index (χ2v) is 5.59. The summed E-state index contributed by atoms with van der Waals surface area (Å²) < 4.78 is 5.34. The van der Waals surface area contributed by atoms with Gasteiger partial charge in [-0.15, -0.1) is 0 Å². The lowest BCUT2D eigenvalue weighted by Crippen LogP contribution is -2.45. The Hall–Kier alpha value is -1.55. The van der Waals surface area contributed by atoms with Crippen LogP contribution >= 0.6 is 11.6 Å². The standard InChI is InChI=1S/C15H20ClNO3/c1-8(2)14(17-11(5)18)15(19)20-12-6-9(3)13(16)10(4)7-12/h6-8,14H,1-5H3,(H,17,18). The van der Waals surface area contributed by atoms with Crippen LogP contribution in [0.5, 0.6) is 5.75 Å². The number of hydrogen-bond acceptors (Lipinski definition) is 3. The van der Waals surface area contributed by atoms with Crippen molar-refractivity contribution in [1.29, 1.82) is 0 Å². The van der Waals surface area contributed by atoms with Crippen LogP contribution in [0.25, 0.3) is 0 Å². The Balaban J connectivity index is 2.91. The van der Waals surface area contributed by atoms with Gasteiger partial charge in [0.05, 0.1) is 0 Å². The van der Waals surface area contributed by atoms with Gasteiger partial charge < -0.3 is 10.1 Å². The molecule has 1 atom stereocenters. The first-order valence-corrected chi connectivity index (χ1v) is 6.85. The summed E-state index contributed by atoms with van der Waals surface area (Å²) >= 11 is 6.07. The predicted octanol–water partition coefficient (Wildman–Crippen LogP) is 3.02. The molecule has 0 aliphatic rings. The number of amides is 1. The second kappa shape index (κ2) is 6.75. The molecule has 0 spiro atoms. The number of nitrogens with one attached hydrogen (secondary N) is 1. The fourth-order valence-electron chi connectivity index (χ4n) is 1.86. The number of ether oxygens (including phenoxy) is 1. The molecule has 1 amide bonds. The van der Waals surface area contributed by atoms with Crippen molar-refractivity contribution in [3.8, 4) is 5.75 Å². The maximum Gasteiger partial charge on any atom is 0.334 e. The SMILES string of the molecule is CC(=O)NC(C(=O)Oc1cc(C)c(Cl)c(C)c1)C(C)C. The highest BCUT2D eigenvalue weighted by Gasteiger charge is 2.25. The summed E-state index contributed by atoms with van der Waals surface area (Å²) in [4.78, 5) is 23.3. The van der Waals surface area contributed by atoms with E-state index in [-0.39, 0.29) is 11.8 Å². The number of esters is 1. The third kappa shape index (κ3) is 4.23. The number of carbonyl (C=O) groups is 2. The predicted molar refractivity (Wildman–Crippen MR) is 79.0 cm³/mol. The van der Waals surface area contributed by atoms with Crippen LogP contribution < -0.4 is 10.1 Å². The van der Waals surface area contributed by atoms with Gasteiger partial charge in [-0.25, -0.2) is 4.79 Å². The number of aryl methyl sites for hydroxylation is 2. The molecule has 1 unspecified atom stereocenters. The third-order valence-corrected chi connectivity index (χ3v) is 3.50. The molecule has 1 rings (SSSR count). The van der Waals surface area contributed by atoms with Gasteiger partial charge in [-0.1, -0.05) is 25.4 Å². The molecule has 4 nitrogen and oxygen atoms in total. The van der Waals surface area contributed by atoms with Gasteiger partial charge in [-0.05, 0) is 43.0 Å². The van der Waals surface area contributed by atoms with E-state index >= 15 is 0 Å². The molecule has 1 aromatic carbocycles. The number of benzene rings is 1. The highest BCUT2D eigenvalue weighted by atomic mass is 35.5. The van der Waals surface area contributed by atoms with Crippen LogP contribution in [0.3, 0.4) is 0 Å². The first-order valence-electron chi connectivity index (χ1n) is 6.48. The number of rotatable bonds is 4. The van der Waals surface area contributed by atoms with E-state index in [9.17, 15) is 9.59 Å². The first-order chi connectivity index (χ1) is 9.22. The van der Waals surface area contributed by atoms with Crippen LogP contribution in [0, 0.1) is 19.8 Å². The minimum absolute atomic E-state index is 0.0547. The molecule has 5 heteroatoms. The van der Waals surface area contributed by atoms with Crippen molar-refractivity contribution in [3.05, 3.63) is 28.3 Å². The van der Waals surface area contributed by atoms with Crippen molar-refractivity contribution in [1.82, 2.24) is 5.32 Å². The average molecular weight is 298 g/mol. The van der Waals surface area contributed by atoms with Gasteiger partial charge in [0.2, 0.25) is 5.91 Å². The molecule has 1 N–H and O–H groups in total. The monoisotopic (exact) mass is 297 g/mol. The summed E-state index contributed by atoms with van der Waals surface area (Å²) in [5, 5.41) is 3.26. The molecule has 0 heterocycles. The van der Waals surface area contributed by atoms with E-state index < -0.39 is 12.0 Å². The van der Waals surface area contributed by atoms with Gasteiger partial charge in [0, 0.05) is 11.9 Å². The number of halogens is 1. The van der Waals surface area contributed by atoms with Crippen LogP contribution in [-0.4, -0.2) is 17.9 Å². The highest BCUT2D eigenvalue weighted by molar-refractivity contribution is 6.32. The molecular formula is C15H20ClNO3. The molecule has 0 fully saturated rings. The van der Waals surface area contributed by atoms with Crippen LogP contribution in [0.15, 0.2) is 12.1 Å². The maximum absolute atomic E-state index is 12.1. The van der Waals surface area contributed by atoms with Gasteiger partial charge in [-0.3, -0.25) is 4.79 Å². The van der Waals surface area contributed by atoms with Crippen LogP contribution in [0.4, 0.5) is 0 Å². The summed E-state index contributed by atoms with van der Waals surface area (Å²) in [6, 6.07) is 2.75. The molecule has 0 bridgehead atoms. The third-order valence-electron chi connectivity index (χ3n) is 2.91. The lowest BCUT2D eigenvalue weighted by Gasteiger charge is -2.20. The smallest absolute Gasteiger partial charge is 0.334 e. The number of hydrogen-bond donors (Lipinski definition) is 1. The maximum atomic E-state index is 12.1. The Bertz CT molecular complexity index is 503. The minimum Gasteiger partial charge on any atom is -0.425 e. The van der Waals surface area contributed by atoms with E-state index in [1.54, 1.807) is 12.1 Å². The molecule has 0 aromatic heterocycles. The lowest BCUT2D eigenvalue weighted by molar-refractivity contribution is -0.140. The normalized spacial score (nSPS) is 12.2. The van der Waals surface area contributed by atoms with Crippen LogP contribution in [-0.2, 0) is 9.59 Å². The topological polar surface area (TPSA) is 55.4 Å². The van der Waals surface area contributed by atoms with Gasteiger partial charge in [0.15, 0.2) is 0 Å². The fraction of sp³-hybridized carbons (Fsp3) is 0.467. The largest absolute Gasteiger partial charge is 0.425 e. The highest BCUT2D eigenvalue weighted by Crippen LogP contribution is 2.26. The van der Waals surface area contributed by atoms with Crippen LogP contribution in [0.1, 0.15) is 31.9 Å². The Labute approximate surface area is 124 Å². The summed E-state index contributed by atoms with van der Waals surface area (Å²) in [6.07, 6.45) is 0. The summed E-state index contributed by atoms with van der Waals surface area (Å²) in [5.41, 5.74) is 1.69. The molecular weight excluding hydrogens is 278 g/mol. The van der Waals surface area contributed by atoms with Gasteiger partial charge in [-0.2, -0.15) is 0 Å². The Morgan fingerprint density at radius 2 is 1.70 bits per heavy atom. The molecule has 1 aromatic rings. The van der Waals surface area contributed by atoms with Crippen molar-refractivity contribution in [2.45, 2.75) is 40.7 Å². The van der Waals surface area contributed by atoms with Gasteiger partial charge in [0.1, 0.15) is 11.8 Å². The van der Waals surface area contributed by atoms with Gasteiger partial charge in [0.25, 0.3) is 0 Å². The molecule has 0 aliphatic heterocycles. The van der Waals surface area contributed by atoms with E-state index in [4.69, 9.17) is 16.3 Å². The molecule has 0 saturated carbocycles. The lowest BCUT2D eigenvalue weighted by atomic mass is 10.0. The average Bonchev–Trinajstić information content (AvgIpc) is 2.32. The number of carbonyl (C=O) groups excluding carboxylic acids is 2. The minimum atomic E-state index is -0.663. The van der Waals surface area contributed by atoms with E-state index in [1.807, 2.05) is 27.7 Å². The van der Waals surface area contributed by atoms with E-state index in [2.05, 4.69) is 5.32 Å². The van der Waals surface area contributed by atoms with E-state index in [0.717, 1.165) is 11.1 Å². The molecule has 110 valence electrons. The van der Waals surface area contributed by atoms with Crippen molar-refractivity contribution in [3.63, 3.8) is 0 Å². The van der Waals surface area contributed by atoms with Crippen molar-refractivity contribution in [2.24, 2.45) is 5.92 Å². The molecule has 20 heavy (non-hydrogen) atoms. The summed E-state index contributed by atoms with van der Waals surface area (Å²) in [7, 11) is 0. The van der Waals surface area contributed by atoms with Crippen molar-refractivity contribution >= 4 is 23.5 Å². The van der Waals surface area contributed by atoms with Gasteiger partial charge >= 0.3 is 5.97 Å². The Morgan fingerprint density at radius 3 is 2.10 bits per heavy atom. The van der Waals surface area contributed by atoms with E-state index in [1.165, 1.54) is 6.92 Å². The zero-order chi connectivity index (χ0) is 15.4. The second-order valence-electron chi connectivity index (χ2n) is 5.21. The van der Waals surface area contributed by atoms with Crippen LogP contribution in [0.2, 0.25) is 5.02 Å². The molecule has 0 radical (unpaired) electrons.